The van der Waals surface area contributed by atoms with Crippen LogP contribution in [-0.4, -0.2) is 38.5 Å². The number of ether oxygens (including phenoxy) is 2. The fraction of sp³-hybridized carbons (Fsp3) is 0.167. The van der Waals surface area contributed by atoms with Crippen molar-refractivity contribution >= 4 is 27.9 Å². The maximum Gasteiger partial charge on any atom is 0.331 e. The van der Waals surface area contributed by atoms with E-state index >= 15 is 0 Å². The molecule has 0 aliphatic carbocycles. The Balaban J connectivity index is 1.68. The van der Waals surface area contributed by atoms with E-state index in [9.17, 15) is 18.0 Å². The number of ketones is 1. The summed E-state index contributed by atoms with van der Waals surface area (Å²) < 4.78 is 34.9. The molecule has 2 N–H and O–H groups in total. The number of carbonyl (C=O) groups excluding carboxylic acids is 2. The van der Waals surface area contributed by atoms with Crippen LogP contribution in [-0.2, 0) is 19.6 Å². The number of carbonyl (C=O) groups is 2. The largest absolute Gasteiger partial charge is 0.497 e. The third kappa shape index (κ3) is 5.76. The normalized spacial score (nSPS) is 11.5. The standard InChI is InChI=1S/C24H24N2O6S/c1-16-14-22(17(2)26(16)19-7-11-21(12-8-19)33(25,29)30)23(27)15-32-24(28)13-6-18-4-9-20(31-3)10-5-18/h4-14H,15H2,1-3H3,(H2,25,29,30)/b13-6+. The second-order valence-electron chi connectivity index (χ2n) is 7.30. The van der Waals surface area contributed by atoms with E-state index < -0.39 is 22.6 Å². The summed E-state index contributed by atoms with van der Waals surface area (Å²) >= 11 is 0. The molecule has 0 bridgehead atoms. The van der Waals surface area contributed by atoms with E-state index in [4.69, 9.17) is 14.6 Å². The van der Waals surface area contributed by atoms with Gasteiger partial charge in [-0.15, -0.1) is 0 Å². The molecule has 172 valence electrons. The zero-order chi connectivity index (χ0) is 24.2. The number of primary sulfonamides is 1. The second-order valence-corrected chi connectivity index (χ2v) is 8.86. The van der Waals surface area contributed by atoms with Gasteiger partial charge in [-0.3, -0.25) is 4.79 Å². The smallest absolute Gasteiger partial charge is 0.331 e. The van der Waals surface area contributed by atoms with Crippen LogP contribution in [0.5, 0.6) is 5.75 Å². The van der Waals surface area contributed by atoms with Crippen molar-refractivity contribution < 1.29 is 27.5 Å². The van der Waals surface area contributed by atoms with Crippen LogP contribution in [0.2, 0.25) is 0 Å². The molecular weight excluding hydrogens is 444 g/mol. The predicted octanol–water partition coefficient (Wildman–Crippen LogP) is 3.19. The lowest BCUT2D eigenvalue weighted by Gasteiger charge is -2.10. The van der Waals surface area contributed by atoms with Crippen molar-refractivity contribution in [3.8, 4) is 11.4 Å². The second kappa shape index (κ2) is 9.85. The van der Waals surface area contributed by atoms with E-state index in [-0.39, 0.29) is 10.7 Å². The molecule has 0 unspecified atom stereocenters. The highest BCUT2D eigenvalue weighted by atomic mass is 32.2. The van der Waals surface area contributed by atoms with E-state index in [0.29, 0.717) is 22.7 Å². The van der Waals surface area contributed by atoms with Gasteiger partial charge in [0.25, 0.3) is 0 Å². The fourth-order valence-corrected chi connectivity index (χ4v) is 3.88. The Labute approximate surface area is 192 Å². The minimum Gasteiger partial charge on any atom is -0.497 e. The molecule has 0 atom stereocenters. The highest BCUT2D eigenvalue weighted by molar-refractivity contribution is 7.89. The van der Waals surface area contributed by atoms with Gasteiger partial charge in [0.15, 0.2) is 6.61 Å². The molecule has 0 saturated carbocycles. The van der Waals surface area contributed by atoms with Crippen molar-refractivity contribution in [2.45, 2.75) is 18.7 Å². The summed E-state index contributed by atoms with van der Waals surface area (Å²) in [6.07, 6.45) is 2.84. The number of aryl methyl sites for hydroxylation is 1. The van der Waals surface area contributed by atoms with Crippen molar-refractivity contribution in [1.29, 1.82) is 0 Å². The molecule has 0 spiro atoms. The van der Waals surface area contributed by atoms with Gasteiger partial charge in [0, 0.05) is 28.7 Å². The molecule has 0 saturated heterocycles. The van der Waals surface area contributed by atoms with Crippen LogP contribution in [0.4, 0.5) is 0 Å². The topological polar surface area (TPSA) is 118 Å². The van der Waals surface area contributed by atoms with Gasteiger partial charge in [0.1, 0.15) is 5.75 Å². The van der Waals surface area contributed by atoms with E-state index in [1.165, 1.54) is 18.2 Å². The first-order valence-electron chi connectivity index (χ1n) is 9.94. The van der Waals surface area contributed by atoms with Crippen LogP contribution in [0.3, 0.4) is 0 Å². The molecule has 1 heterocycles. The molecule has 0 fully saturated rings. The van der Waals surface area contributed by atoms with Crippen LogP contribution in [0, 0.1) is 13.8 Å². The zero-order valence-electron chi connectivity index (χ0n) is 18.4. The highest BCUT2D eigenvalue weighted by Crippen LogP contribution is 2.22. The van der Waals surface area contributed by atoms with Gasteiger partial charge < -0.3 is 14.0 Å². The summed E-state index contributed by atoms with van der Waals surface area (Å²) in [6, 6.07) is 14.8. The van der Waals surface area contributed by atoms with Crippen molar-refractivity contribution in [3.63, 3.8) is 0 Å². The number of hydrogen-bond acceptors (Lipinski definition) is 6. The van der Waals surface area contributed by atoms with Gasteiger partial charge in [0.05, 0.1) is 12.0 Å². The number of Topliss-reactive ketones (excluding diaryl/α,β-unsaturated/α-hetero) is 1. The molecule has 0 aliphatic heterocycles. The van der Waals surface area contributed by atoms with Gasteiger partial charge in [-0.05, 0) is 68.0 Å². The summed E-state index contributed by atoms with van der Waals surface area (Å²) in [4.78, 5) is 24.7. The third-order valence-corrected chi connectivity index (χ3v) is 5.96. The molecule has 0 aliphatic rings. The van der Waals surface area contributed by atoms with Gasteiger partial charge in [-0.25, -0.2) is 18.4 Å². The molecule has 3 aromatic rings. The zero-order valence-corrected chi connectivity index (χ0v) is 19.3. The lowest BCUT2D eigenvalue weighted by molar-refractivity contribution is -0.136. The molecule has 0 radical (unpaired) electrons. The first-order chi connectivity index (χ1) is 15.6. The molecule has 1 aromatic heterocycles. The number of sulfonamides is 1. The van der Waals surface area contributed by atoms with E-state index in [0.717, 1.165) is 11.3 Å². The number of rotatable bonds is 8. The molecule has 0 amide bonds. The quantitative estimate of drug-likeness (QED) is 0.308. The average molecular weight is 469 g/mol. The molecule has 3 rings (SSSR count). The van der Waals surface area contributed by atoms with Crippen molar-refractivity contribution in [1.82, 2.24) is 4.57 Å². The van der Waals surface area contributed by atoms with Crippen LogP contribution in [0.25, 0.3) is 11.8 Å². The molecule has 2 aromatic carbocycles. The number of methoxy groups -OCH3 is 1. The Morgan fingerprint density at radius 2 is 1.67 bits per heavy atom. The number of nitrogens with two attached hydrogens (primary N) is 1. The lowest BCUT2D eigenvalue weighted by Crippen LogP contribution is -2.13. The summed E-state index contributed by atoms with van der Waals surface area (Å²) in [5.41, 5.74) is 3.29. The Bertz CT molecular complexity index is 1300. The van der Waals surface area contributed by atoms with Gasteiger partial charge in [-0.1, -0.05) is 12.1 Å². The van der Waals surface area contributed by atoms with Gasteiger partial charge in [-0.2, -0.15) is 0 Å². The average Bonchev–Trinajstić information content (AvgIpc) is 3.09. The van der Waals surface area contributed by atoms with E-state index in [1.807, 2.05) is 11.5 Å². The first kappa shape index (κ1) is 24.0. The summed E-state index contributed by atoms with van der Waals surface area (Å²) in [7, 11) is -2.22. The fourth-order valence-electron chi connectivity index (χ4n) is 3.37. The number of nitrogens with zero attached hydrogens (tertiary/aromatic N) is 1. The Kier molecular flexibility index (Phi) is 7.15. The predicted molar refractivity (Wildman–Crippen MR) is 124 cm³/mol. The monoisotopic (exact) mass is 468 g/mol. The minimum absolute atomic E-state index is 0.000353. The molecular formula is C24H24N2O6S. The van der Waals surface area contributed by atoms with Crippen molar-refractivity contribution in [3.05, 3.63) is 83.2 Å². The number of benzene rings is 2. The lowest BCUT2D eigenvalue weighted by atomic mass is 10.1. The van der Waals surface area contributed by atoms with Gasteiger partial charge >= 0.3 is 5.97 Å². The maximum absolute atomic E-state index is 12.7. The highest BCUT2D eigenvalue weighted by Gasteiger charge is 2.18. The summed E-state index contributed by atoms with van der Waals surface area (Å²) in [5, 5.41) is 5.14. The third-order valence-electron chi connectivity index (χ3n) is 5.03. The molecule has 9 heteroatoms. The van der Waals surface area contributed by atoms with E-state index in [2.05, 4.69) is 0 Å². The minimum atomic E-state index is -3.79. The maximum atomic E-state index is 12.7. The van der Waals surface area contributed by atoms with Crippen LogP contribution < -0.4 is 9.88 Å². The molecule has 33 heavy (non-hydrogen) atoms. The number of hydrogen-bond donors (Lipinski definition) is 1. The Morgan fingerprint density at radius 3 is 2.24 bits per heavy atom. The molecule has 8 nitrogen and oxygen atoms in total. The van der Waals surface area contributed by atoms with E-state index in [1.54, 1.807) is 62.6 Å². The first-order valence-corrected chi connectivity index (χ1v) is 11.5. The van der Waals surface area contributed by atoms with Gasteiger partial charge in [0.2, 0.25) is 15.8 Å². The summed E-state index contributed by atoms with van der Waals surface area (Å²) in [5.74, 6) is -0.272. The number of aromatic nitrogens is 1. The number of esters is 1. The van der Waals surface area contributed by atoms with Crippen LogP contribution in [0.1, 0.15) is 27.3 Å². The Hall–Kier alpha value is -3.69. The Morgan fingerprint density at radius 1 is 1.03 bits per heavy atom. The van der Waals surface area contributed by atoms with Crippen molar-refractivity contribution in [2.75, 3.05) is 13.7 Å². The SMILES string of the molecule is COc1ccc(/C=C/C(=O)OCC(=O)c2cc(C)n(-c3ccc(S(N)(=O)=O)cc3)c2C)cc1. The van der Waals surface area contributed by atoms with Crippen molar-refractivity contribution in [2.24, 2.45) is 5.14 Å². The summed E-state index contributed by atoms with van der Waals surface area (Å²) in [6.45, 7) is 3.18. The van der Waals surface area contributed by atoms with Crippen LogP contribution >= 0.6 is 0 Å². The van der Waals surface area contributed by atoms with Crippen LogP contribution in [0.15, 0.2) is 65.6 Å².